The van der Waals surface area contributed by atoms with E-state index in [9.17, 15) is 14.4 Å². The molecule has 0 aliphatic carbocycles. The topological polar surface area (TPSA) is 91.4 Å². The van der Waals surface area contributed by atoms with Gasteiger partial charge in [0.25, 0.3) is 5.91 Å². The number of nitrogens with zero attached hydrogens (tertiary/aromatic N) is 3. The summed E-state index contributed by atoms with van der Waals surface area (Å²) >= 11 is 6.08. The average molecular weight is 485 g/mol. The molecule has 0 aromatic heterocycles. The summed E-state index contributed by atoms with van der Waals surface area (Å²) in [4.78, 5) is 43.1. The van der Waals surface area contributed by atoms with E-state index in [0.29, 0.717) is 42.7 Å². The number of fused-ring (bicyclic) bond motifs is 1. The third-order valence-corrected chi connectivity index (χ3v) is 6.57. The van der Waals surface area contributed by atoms with Gasteiger partial charge < -0.3 is 24.6 Å². The van der Waals surface area contributed by atoms with Gasteiger partial charge in [-0.2, -0.15) is 0 Å². The molecule has 0 spiro atoms. The van der Waals surface area contributed by atoms with E-state index in [4.69, 9.17) is 21.1 Å². The SMILES string of the molecule is O=C(CC[C@@H]1NC(=O)N(Cc2ccc3c(c2)OCO3)C1=O)N1CCN(c2cccc(Cl)c2)CC1. The van der Waals surface area contributed by atoms with Crippen LogP contribution in [0.5, 0.6) is 11.5 Å². The average Bonchev–Trinajstić information content (AvgIpc) is 3.42. The summed E-state index contributed by atoms with van der Waals surface area (Å²) in [6, 6.07) is 11.9. The molecule has 1 atom stereocenters. The Bertz CT molecular complexity index is 1120. The molecule has 2 aromatic carbocycles. The fraction of sp³-hybridized carbons (Fsp3) is 0.375. The second-order valence-corrected chi connectivity index (χ2v) is 8.94. The molecular formula is C24H25ClN4O5. The lowest BCUT2D eigenvalue weighted by Crippen LogP contribution is -2.49. The highest BCUT2D eigenvalue weighted by Crippen LogP contribution is 2.33. The minimum atomic E-state index is -0.696. The molecule has 10 heteroatoms. The van der Waals surface area contributed by atoms with Gasteiger partial charge in [0.15, 0.2) is 11.5 Å². The summed E-state index contributed by atoms with van der Waals surface area (Å²) in [7, 11) is 0. The summed E-state index contributed by atoms with van der Waals surface area (Å²) in [6.45, 7) is 2.94. The quantitative estimate of drug-likeness (QED) is 0.634. The first kappa shape index (κ1) is 22.3. The molecule has 5 rings (SSSR count). The number of hydrogen-bond donors (Lipinski definition) is 1. The van der Waals surface area contributed by atoms with Gasteiger partial charge in [-0.3, -0.25) is 14.5 Å². The summed E-state index contributed by atoms with van der Waals surface area (Å²) in [5, 5.41) is 3.40. The third-order valence-electron chi connectivity index (χ3n) is 6.34. The van der Waals surface area contributed by atoms with Crippen LogP contribution in [-0.2, 0) is 16.1 Å². The zero-order valence-electron chi connectivity index (χ0n) is 18.5. The van der Waals surface area contributed by atoms with Crippen LogP contribution in [0.15, 0.2) is 42.5 Å². The van der Waals surface area contributed by atoms with Crippen molar-refractivity contribution >= 4 is 35.1 Å². The predicted octanol–water partition coefficient (Wildman–Crippen LogP) is 2.62. The molecule has 1 N–H and O–H groups in total. The normalized spacial score (nSPS) is 19.6. The number of anilines is 1. The van der Waals surface area contributed by atoms with Crippen LogP contribution >= 0.6 is 11.6 Å². The maximum absolute atomic E-state index is 12.8. The zero-order valence-corrected chi connectivity index (χ0v) is 19.3. The number of amides is 4. The number of rotatable bonds is 6. The van der Waals surface area contributed by atoms with Gasteiger partial charge in [0.2, 0.25) is 12.7 Å². The van der Waals surface area contributed by atoms with Gasteiger partial charge in [0, 0.05) is 43.3 Å². The van der Waals surface area contributed by atoms with Crippen molar-refractivity contribution in [3.63, 3.8) is 0 Å². The fourth-order valence-corrected chi connectivity index (χ4v) is 4.64. The number of piperazine rings is 1. The first-order valence-corrected chi connectivity index (χ1v) is 11.6. The van der Waals surface area contributed by atoms with Gasteiger partial charge in [-0.25, -0.2) is 4.79 Å². The van der Waals surface area contributed by atoms with Crippen LogP contribution in [0.25, 0.3) is 0 Å². The number of nitrogens with one attached hydrogen (secondary N) is 1. The van der Waals surface area contributed by atoms with Gasteiger partial charge in [-0.05, 0) is 42.3 Å². The van der Waals surface area contributed by atoms with Gasteiger partial charge in [-0.15, -0.1) is 0 Å². The molecule has 0 saturated carbocycles. The van der Waals surface area contributed by atoms with Crippen LogP contribution in [0.3, 0.4) is 0 Å². The molecule has 2 aromatic rings. The van der Waals surface area contributed by atoms with Crippen molar-refractivity contribution in [1.29, 1.82) is 0 Å². The van der Waals surface area contributed by atoms with E-state index in [-0.39, 0.29) is 38.0 Å². The largest absolute Gasteiger partial charge is 0.454 e. The van der Waals surface area contributed by atoms with Gasteiger partial charge in [0.1, 0.15) is 6.04 Å². The Labute approximate surface area is 202 Å². The molecule has 0 bridgehead atoms. The summed E-state index contributed by atoms with van der Waals surface area (Å²) in [5.41, 5.74) is 1.81. The molecule has 4 amide bonds. The van der Waals surface area contributed by atoms with Crippen molar-refractivity contribution in [1.82, 2.24) is 15.1 Å². The number of benzene rings is 2. The van der Waals surface area contributed by atoms with Crippen LogP contribution < -0.4 is 19.7 Å². The van der Waals surface area contributed by atoms with Crippen molar-refractivity contribution in [2.45, 2.75) is 25.4 Å². The number of hydrogen-bond acceptors (Lipinski definition) is 6. The molecule has 3 aliphatic rings. The van der Waals surface area contributed by atoms with Crippen LogP contribution in [0.2, 0.25) is 5.02 Å². The van der Waals surface area contributed by atoms with Crippen molar-refractivity contribution in [2.24, 2.45) is 0 Å². The van der Waals surface area contributed by atoms with E-state index in [2.05, 4.69) is 10.2 Å². The molecule has 178 valence electrons. The zero-order chi connectivity index (χ0) is 23.7. The Morgan fingerprint density at radius 2 is 1.82 bits per heavy atom. The number of carbonyl (C=O) groups excluding carboxylic acids is 3. The molecular weight excluding hydrogens is 460 g/mol. The van der Waals surface area contributed by atoms with Crippen molar-refractivity contribution in [3.05, 3.63) is 53.1 Å². The van der Waals surface area contributed by atoms with E-state index in [0.717, 1.165) is 11.3 Å². The molecule has 3 aliphatic heterocycles. The van der Waals surface area contributed by atoms with Crippen LogP contribution in [-0.4, -0.2) is 66.7 Å². The third kappa shape index (κ3) is 4.61. The number of carbonyl (C=O) groups is 3. The standard InChI is InChI=1S/C24H25ClN4O5/c25-17-2-1-3-18(13-17)27-8-10-28(11-9-27)22(30)7-5-19-23(31)29(24(32)26-19)14-16-4-6-20-21(12-16)34-15-33-20/h1-4,6,12-13,19H,5,7-11,14-15H2,(H,26,32)/t19-/m0/s1. The highest BCUT2D eigenvalue weighted by atomic mass is 35.5. The highest BCUT2D eigenvalue weighted by Gasteiger charge is 2.38. The second kappa shape index (κ2) is 9.42. The lowest BCUT2D eigenvalue weighted by atomic mass is 10.1. The molecule has 2 fully saturated rings. The van der Waals surface area contributed by atoms with E-state index in [1.165, 1.54) is 4.90 Å². The van der Waals surface area contributed by atoms with Gasteiger partial charge in [0.05, 0.1) is 6.54 Å². The maximum atomic E-state index is 12.8. The van der Waals surface area contributed by atoms with Crippen LogP contribution in [0, 0.1) is 0 Å². The Morgan fingerprint density at radius 1 is 1.03 bits per heavy atom. The summed E-state index contributed by atoms with van der Waals surface area (Å²) in [5.74, 6) is 0.913. The predicted molar refractivity (Wildman–Crippen MR) is 125 cm³/mol. The minimum absolute atomic E-state index is 0.0120. The van der Waals surface area contributed by atoms with Crippen molar-refractivity contribution < 1.29 is 23.9 Å². The lowest BCUT2D eigenvalue weighted by molar-refractivity contribution is -0.132. The molecule has 34 heavy (non-hydrogen) atoms. The monoisotopic (exact) mass is 484 g/mol. The van der Waals surface area contributed by atoms with Crippen molar-refractivity contribution in [3.8, 4) is 11.5 Å². The molecule has 0 radical (unpaired) electrons. The second-order valence-electron chi connectivity index (χ2n) is 8.50. The minimum Gasteiger partial charge on any atom is -0.454 e. The van der Waals surface area contributed by atoms with Gasteiger partial charge >= 0.3 is 6.03 Å². The Hall–Kier alpha value is -3.46. The molecule has 0 unspecified atom stereocenters. The first-order valence-electron chi connectivity index (χ1n) is 11.3. The number of halogens is 1. The molecule has 2 saturated heterocycles. The van der Waals surface area contributed by atoms with Gasteiger partial charge in [-0.1, -0.05) is 23.7 Å². The van der Waals surface area contributed by atoms with E-state index in [1.807, 2.05) is 29.2 Å². The van der Waals surface area contributed by atoms with E-state index < -0.39 is 12.1 Å². The smallest absolute Gasteiger partial charge is 0.325 e. The Balaban J connectivity index is 1.11. The van der Waals surface area contributed by atoms with E-state index >= 15 is 0 Å². The van der Waals surface area contributed by atoms with Crippen molar-refractivity contribution in [2.75, 3.05) is 37.9 Å². The number of imide groups is 1. The fourth-order valence-electron chi connectivity index (χ4n) is 4.46. The summed E-state index contributed by atoms with van der Waals surface area (Å²) < 4.78 is 10.7. The molecule has 3 heterocycles. The highest BCUT2D eigenvalue weighted by molar-refractivity contribution is 6.30. The molecule has 9 nitrogen and oxygen atoms in total. The summed E-state index contributed by atoms with van der Waals surface area (Å²) in [6.07, 6.45) is 0.473. The lowest BCUT2D eigenvalue weighted by Gasteiger charge is -2.36. The van der Waals surface area contributed by atoms with Crippen LogP contribution in [0.4, 0.5) is 10.5 Å². The number of urea groups is 1. The van der Waals surface area contributed by atoms with Crippen LogP contribution in [0.1, 0.15) is 18.4 Å². The Kier molecular flexibility index (Phi) is 6.19. The van der Waals surface area contributed by atoms with E-state index in [1.54, 1.807) is 18.2 Å². The maximum Gasteiger partial charge on any atom is 0.325 e. The Morgan fingerprint density at radius 3 is 2.62 bits per heavy atom. The first-order chi connectivity index (χ1) is 16.5. The number of ether oxygens (including phenoxy) is 2.